The maximum Gasteiger partial charge on any atom is 0.264 e. The van der Waals surface area contributed by atoms with Gasteiger partial charge in [-0.1, -0.05) is 60.7 Å². The van der Waals surface area contributed by atoms with Crippen LogP contribution in [0.5, 0.6) is 5.88 Å². The van der Waals surface area contributed by atoms with Crippen molar-refractivity contribution in [1.29, 1.82) is 0 Å². The third-order valence-corrected chi connectivity index (χ3v) is 8.85. The molecular formula is C30H29N3O3S. The molecule has 2 aliphatic rings. The zero-order valence-corrected chi connectivity index (χ0v) is 21.7. The first-order valence-electron chi connectivity index (χ1n) is 12.7. The molecular weight excluding hydrogens is 482 g/mol. The molecule has 37 heavy (non-hydrogen) atoms. The summed E-state index contributed by atoms with van der Waals surface area (Å²) in [5, 5.41) is 0. The summed E-state index contributed by atoms with van der Waals surface area (Å²) in [5.41, 5.74) is 5.98. The summed E-state index contributed by atoms with van der Waals surface area (Å²) in [7, 11) is -3.89. The lowest BCUT2D eigenvalue weighted by molar-refractivity contribution is 0.126. The second kappa shape index (κ2) is 9.30. The summed E-state index contributed by atoms with van der Waals surface area (Å²) in [6.07, 6.45) is 2.52. The molecule has 0 spiro atoms. The fourth-order valence-electron chi connectivity index (χ4n) is 5.80. The topological polar surface area (TPSA) is 81.2 Å². The van der Waals surface area contributed by atoms with E-state index >= 15 is 0 Å². The van der Waals surface area contributed by atoms with Crippen LogP contribution in [-0.2, 0) is 10.0 Å². The number of sulfonamides is 1. The van der Waals surface area contributed by atoms with Crippen LogP contribution >= 0.6 is 0 Å². The first-order valence-corrected chi connectivity index (χ1v) is 14.1. The van der Waals surface area contributed by atoms with Gasteiger partial charge in [0, 0.05) is 11.6 Å². The van der Waals surface area contributed by atoms with Crippen molar-refractivity contribution in [2.24, 2.45) is 0 Å². The average Bonchev–Trinajstić information content (AvgIpc) is 2.88. The number of anilines is 1. The lowest BCUT2D eigenvalue weighted by Crippen LogP contribution is -2.30. The minimum absolute atomic E-state index is 0.00750. The molecule has 3 atom stereocenters. The Balaban J connectivity index is 1.50. The number of ether oxygens (including phenoxy) is 1. The van der Waals surface area contributed by atoms with E-state index in [0.29, 0.717) is 17.5 Å². The maximum absolute atomic E-state index is 13.4. The van der Waals surface area contributed by atoms with Crippen molar-refractivity contribution < 1.29 is 13.2 Å². The lowest BCUT2D eigenvalue weighted by atomic mass is 9.74. The second-order valence-electron chi connectivity index (χ2n) is 10.1. The van der Waals surface area contributed by atoms with E-state index < -0.39 is 10.0 Å². The molecule has 6 bridgehead atoms. The van der Waals surface area contributed by atoms with Gasteiger partial charge in [-0.3, -0.25) is 0 Å². The zero-order valence-electron chi connectivity index (χ0n) is 20.9. The molecule has 1 fully saturated rings. The highest BCUT2D eigenvalue weighted by atomic mass is 32.2. The van der Waals surface area contributed by atoms with Crippen molar-refractivity contribution in [2.75, 3.05) is 4.72 Å². The minimum Gasteiger partial charge on any atom is -0.474 e. The monoisotopic (exact) mass is 511 g/mol. The second-order valence-corrected chi connectivity index (χ2v) is 11.8. The molecule has 0 radical (unpaired) electrons. The summed E-state index contributed by atoms with van der Waals surface area (Å²) in [6, 6.07) is 25.6. The zero-order chi connectivity index (χ0) is 25.6. The predicted molar refractivity (Wildman–Crippen MR) is 144 cm³/mol. The smallest absolute Gasteiger partial charge is 0.264 e. The van der Waals surface area contributed by atoms with Crippen molar-refractivity contribution in [1.82, 2.24) is 9.97 Å². The first-order chi connectivity index (χ1) is 17.9. The fourth-order valence-corrected chi connectivity index (χ4v) is 6.79. The van der Waals surface area contributed by atoms with Gasteiger partial charge in [-0.05, 0) is 79.3 Å². The van der Waals surface area contributed by atoms with Crippen molar-refractivity contribution >= 4 is 16.0 Å². The van der Waals surface area contributed by atoms with Crippen LogP contribution in [0.3, 0.4) is 0 Å². The number of aryl methyl sites for hydroxylation is 2. The van der Waals surface area contributed by atoms with Gasteiger partial charge in [0.2, 0.25) is 11.8 Å². The van der Waals surface area contributed by atoms with Gasteiger partial charge in [-0.15, -0.1) is 0 Å². The third-order valence-electron chi connectivity index (χ3n) is 7.53. The molecule has 1 aromatic heterocycles. The van der Waals surface area contributed by atoms with E-state index in [4.69, 9.17) is 4.74 Å². The third kappa shape index (κ3) is 4.71. The maximum atomic E-state index is 13.4. The summed E-state index contributed by atoms with van der Waals surface area (Å²) < 4.78 is 35.9. The molecule has 1 N–H and O–H groups in total. The van der Waals surface area contributed by atoms with Crippen molar-refractivity contribution in [2.45, 2.75) is 55.9 Å². The number of nitrogens with zero attached hydrogens (tertiary/aromatic N) is 2. The highest BCUT2D eigenvalue weighted by molar-refractivity contribution is 7.92. The van der Waals surface area contributed by atoms with Crippen molar-refractivity contribution in [3.05, 3.63) is 101 Å². The van der Waals surface area contributed by atoms with Crippen LogP contribution in [0.2, 0.25) is 0 Å². The van der Waals surface area contributed by atoms with E-state index in [1.165, 1.54) is 5.56 Å². The molecule has 1 aliphatic heterocycles. The number of fused-ring (bicyclic) bond motifs is 7. The number of nitrogens with one attached hydrogen (secondary N) is 1. The molecule has 0 amide bonds. The van der Waals surface area contributed by atoms with E-state index in [0.717, 1.165) is 41.5 Å². The molecule has 1 saturated carbocycles. The molecule has 2 heterocycles. The van der Waals surface area contributed by atoms with Crippen LogP contribution in [0.1, 0.15) is 53.4 Å². The highest BCUT2D eigenvalue weighted by Gasteiger charge is 2.33. The van der Waals surface area contributed by atoms with Gasteiger partial charge < -0.3 is 4.74 Å². The van der Waals surface area contributed by atoms with Crippen LogP contribution in [-0.4, -0.2) is 24.5 Å². The van der Waals surface area contributed by atoms with E-state index in [-0.39, 0.29) is 22.9 Å². The lowest BCUT2D eigenvalue weighted by Gasteiger charge is -2.36. The number of rotatable bonds is 2. The molecule has 3 aromatic carbocycles. The van der Waals surface area contributed by atoms with E-state index in [1.54, 1.807) is 12.1 Å². The standard InChI is InChI=1S/C30H29N3O3S/c1-19-8-6-9-20(2)29(19)27-18-28-32-30(31-27)33-37(34,35)26-13-7-12-22(17-26)24-14-23(15-25(16-24)36-28)21-10-4-3-5-11-21/h3-13,17-18,23-25H,14-16H2,1-2H3,(H,31,32,33). The predicted octanol–water partition coefficient (Wildman–Crippen LogP) is 6.37. The molecule has 7 heteroatoms. The van der Waals surface area contributed by atoms with Crippen molar-refractivity contribution in [3.63, 3.8) is 0 Å². The van der Waals surface area contributed by atoms with Crippen molar-refractivity contribution in [3.8, 4) is 17.1 Å². The number of hydrogen-bond donors (Lipinski definition) is 1. The van der Waals surface area contributed by atoms with Crippen LogP contribution < -0.4 is 9.46 Å². The Morgan fingerprint density at radius 1 is 0.784 bits per heavy atom. The Bertz CT molecular complexity index is 1550. The SMILES string of the molecule is Cc1cccc(C)c1-c1cc2nc(n1)NS(=O)(=O)c1cccc(c1)C1CC(CC(c3ccccc3)C1)O2. The Morgan fingerprint density at radius 2 is 1.46 bits per heavy atom. The summed E-state index contributed by atoms with van der Waals surface area (Å²) in [4.78, 5) is 9.34. The Morgan fingerprint density at radius 3 is 2.22 bits per heavy atom. The average molecular weight is 512 g/mol. The van der Waals surface area contributed by atoms with Crippen LogP contribution in [0, 0.1) is 13.8 Å². The Hall–Kier alpha value is -3.71. The van der Waals surface area contributed by atoms with Gasteiger partial charge in [-0.2, -0.15) is 4.98 Å². The number of aromatic nitrogens is 2. The van der Waals surface area contributed by atoms with Crippen LogP contribution in [0.25, 0.3) is 11.3 Å². The minimum atomic E-state index is -3.89. The molecule has 6 rings (SSSR count). The van der Waals surface area contributed by atoms with Gasteiger partial charge in [0.05, 0.1) is 10.6 Å². The summed E-state index contributed by atoms with van der Waals surface area (Å²) in [5.74, 6) is 0.851. The van der Waals surface area contributed by atoms with Gasteiger partial charge in [0.15, 0.2) is 0 Å². The van der Waals surface area contributed by atoms with Gasteiger partial charge in [0.25, 0.3) is 10.0 Å². The van der Waals surface area contributed by atoms with E-state index in [2.05, 4.69) is 39.0 Å². The molecule has 1 aliphatic carbocycles. The van der Waals surface area contributed by atoms with Gasteiger partial charge in [0.1, 0.15) is 6.10 Å². The quantitative estimate of drug-likeness (QED) is 0.338. The largest absolute Gasteiger partial charge is 0.474 e. The molecule has 188 valence electrons. The van der Waals surface area contributed by atoms with E-state index in [1.807, 2.05) is 56.3 Å². The van der Waals surface area contributed by atoms with Crippen LogP contribution in [0.15, 0.2) is 83.8 Å². The van der Waals surface area contributed by atoms with Gasteiger partial charge >= 0.3 is 0 Å². The Labute approximate surface area is 217 Å². The fraction of sp³-hybridized carbons (Fsp3) is 0.267. The number of hydrogen-bond acceptors (Lipinski definition) is 5. The summed E-state index contributed by atoms with van der Waals surface area (Å²) in [6.45, 7) is 4.05. The molecule has 6 nitrogen and oxygen atoms in total. The molecule has 4 aromatic rings. The molecule has 0 saturated heterocycles. The van der Waals surface area contributed by atoms with E-state index in [9.17, 15) is 8.42 Å². The molecule has 3 unspecified atom stereocenters. The summed E-state index contributed by atoms with van der Waals surface area (Å²) >= 11 is 0. The highest BCUT2D eigenvalue weighted by Crippen LogP contribution is 2.43. The first kappa shape index (κ1) is 23.7. The van der Waals surface area contributed by atoms with Crippen LogP contribution in [0.4, 0.5) is 5.95 Å². The Kier molecular flexibility index (Phi) is 5.95. The van der Waals surface area contributed by atoms with Gasteiger partial charge in [-0.25, -0.2) is 18.1 Å². The number of benzene rings is 3. The normalized spacial score (nSPS) is 22.1.